The molecule has 1 unspecified atom stereocenters. The molecule has 0 N–H and O–H groups in total. The van der Waals surface area contributed by atoms with E-state index >= 15 is 0 Å². The minimum atomic E-state index is -0.202. The molecule has 0 nitrogen and oxygen atoms in total. The minimum Gasteiger partial charge on any atom is -0.207 e. The molecule has 13 heavy (non-hydrogen) atoms. The van der Waals surface area contributed by atoms with Gasteiger partial charge in [-0.15, -0.1) is 11.6 Å². The Balaban J connectivity index is 2.66. The summed E-state index contributed by atoms with van der Waals surface area (Å²) in [4.78, 5) is 0. The Morgan fingerprint density at radius 3 is 2.69 bits per heavy atom. The van der Waals surface area contributed by atoms with E-state index in [1.165, 1.54) is 6.07 Å². The highest BCUT2D eigenvalue weighted by molar-refractivity contribution is 9.10. The van der Waals surface area contributed by atoms with Gasteiger partial charge in [0.15, 0.2) is 0 Å². The lowest BCUT2D eigenvalue weighted by molar-refractivity contribution is 0.623. The standard InChI is InChI=1S/C10H11BrClF/c1-7(12)2-3-8-4-9(11)6-10(13)5-8/h4-7H,2-3H2,1H3. The summed E-state index contributed by atoms with van der Waals surface area (Å²) < 4.78 is 13.7. The van der Waals surface area contributed by atoms with Gasteiger partial charge in [-0.1, -0.05) is 15.9 Å². The second-order valence-electron chi connectivity index (χ2n) is 3.10. The second kappa shape index (κ2) is 4.97. The van der Waals surface area contributed by atoms with Crippen LogP contribution in [-0.2, 0) is 6.42 Å². The normalized spacial score (nSPS) is 12.9. The van der Waals surface area contributed by atoms with Gasteiger partial charge in [-0.2, -0.15) is 0 Å². The van der Waals surface area contributed by atoms with Gasteiger partial charge in [0.1, 0.15) is 5.82 Å². The average Bonchev–Trinajstić information content (AvgIpc) is 1.99. The Hall–Kier alpha value is -0.0800. The number of alkyl halides is 1. The van der Waals surface area contributed by atoms with Crippen LogP contribution in [0.2, 0.25) is 0 Å². The van der Waals surface area contributed by atoms with Crippen molar-refractivity contribution in [1.29, 1.82) is 0 Å². The van der Waals surface area contributed by atoms with Gasteiger partial charge in [0, 0.05) is 9.85 Å². The van der Waals surface area contributed by atoms with Crippen LogP contribution < -0.4 is 0 Å². The van der Waals surface area contributed by atoms with Crippen molar-refractivity contribution in [3.8, 4) is 0 Å². The third-order valence-electron chi connectivity index (χ3n) is 1.75. The highest BCUT2D eigenvalue weighted by atomic mass is 79.9. The quantitative estimate of drug-likeness (QED) is 0.720. The lowest BCUT2D eigenvalue weighted by Gasteiger charge is -2.04. The maximum Gasteiger partial charge on any atom is 0.124 e. The first-order valence-corrected chi connectivity index (χ1v) is 5.40. The van der Waals surface area contributed by atoms with Crippen LogP contribution in [0.15, 0.2) is 22.7 Å². The van der Waals surface area contributed by atoms with Crippen molar-refractivity contribution >= 4 is 27.5 Å². The zero-order valence-electron chi connectivity index (χ0n) is 7.36. The summed E-state index contributed by atoms with van der Waals surface area (Å²) in [6.45, 7) is 1.94. The van der Waals surface area contributed by atoms with Crippen LogP contribution in [-0.4, -0.2) is 5.38 Å². The first-order chi connectivity index (χ1) is 6.08. The van der Waals surface area contributed by atoms with Crippen molar-refractivity contribution in [2.24, 2.45) is 0 Å². The molecule has 0 fully saturated rings. The van der Waals surface area contributed by atoms with E-state index in [1.807, 2.05) is 13.0 Å². The molecule has 0 heterocycles. The summed E-state index contributed by atoms with van der Waals surface area (Å²) in [5, 5.41) is 0.141. The Kier molecular flexibility index (Phi) is 4.20. The minimum absolute atomic E-state index is 0.141. The zero-order chi connectivity index (χ0) is 9.84. The molecule has 1 aromatic carbocycles. The maximum absolute atomic E-state index is 12.9. The van der Waals surface area contributed by atoms with Gasteiger partial charge >= 0.3 is 0 Å². The van der Waals surface area contributed by atoms with E-state index in [-0.39, 0.29) is 11.2 Å². The van der Waals surface area contributed by atoms with Gasteiger partial charge in [-0.3, -0.25) is 0 Å². The number of halogens is 3. The van der Waals surface area contributed by atoms with Crippen LogP contribution in [0.3, 0.4) is 0 Å². The fourth-order valence-electron chi connectivity index (χ4n) is 1.12. The molecular weight excluding hydrogens is 254 g/mol. The Bertz CT molecular complexity index is 266. The third-order valence-corrected chi connectivity index (χ3v) is 2.43. The summed E-state index contributed by atoms with van der Waals surface area (Å²) in [6.07, 6.45) is 1.69. The summed E-state index contributed by atoms with van der Waals surface area (Å²) in [6, 6.07) is 4.92. The Labute approximate surface area is 91.2 Å². The van der Waals surface area contributed by atoms with E-state index in [0.717, 1.165) is 22.9 Å². The second-order valence-corrected chi connectivity index (χ2v) is 4.76. The summed E-state index contributed by atoms with van der Waals surface area (Å²) in [5.74, 6) is -0.202. The third kappa shape index (κ3) is 4.10. The van der Waals surface area contributed by atoms with Crippen LogP contribution in [0.25, 0.3) is 0 Å². The highest BCUT2D eigenvalue weighted by Gasteiger charge is 2.01. The van der Waals surface area contributed by atoms with Crippen LogP contribution in [0.4, 0.5) is 4.39 Å². The first kappa shape index (κ1) is 11.0. The molecule has 0 aliphatic rings. The van der Waals surface area contributed by atoms with E-state index in [1.54, 1.807) is 6.07 Å². The van der Waals surface area contributed by atoms with Gasteiger partial charge in [0.25, 0.3) is 0 Å². The lowest BCUT2D eigenvalue weighted by atomic mass is 10.1. The van der Waals surface area contributed by atoms with Crippen molar-refractivity contribution in [2.75, 3.05) is 0 Å². The topological polar surface area (TPSA) is 0 Å². The number of aryl methyl sites for hydroxylation is 1. The number of hydrogen-bond donors (Lipinski definition) is 0. The molecule has 0 saturated carbocycles. The largest absolute Gasteiger partial charge is 0.207 e. The smallest absolute Gasteiger partial charge is 0.124 e. The zero-order valence-corrected chi connectivity index (χ0v) is 9.70. The van der Waals surface area contributed by atoms with Crippen molar-refractivity contribution < 1.29 is 4.39 Å². The molecule has 0 aromatic heterocycles. The van der Waals surface area contributed by atoms with Gasteiger partial charge in [-0.25, -0.2) is 4.39 Å². The molecule has 0 spiro atoms. The van der Waals surface area contributed by atoms with Crippen molar-refractivity contribution in [1.82, 2.24) is 0 Å². The average molecular weight is 266 g/mol. The van der Waals surface area contributed by atoms with Crippen molar-refractivity contribution in [2.45, 2.75) is 25.1 Å². The molecular formula is C10H11BrClF. The molecule has 72 valence electrons. The maximum atomic E-state index is 12.9. The number of rotatable bonds is 3. The summed E-state index contributed by atoms with van der Waals surface area (Å²) >= 11 is 9.05. The van der Waals surface area contributed by atoms with Crippen LogP contribution >= 0.6 is 27.5 Å². The highest BCUT2D eigenvalue weighted by Crippen LogP contribution is 2.17. The number of hydrogen-bond acceptors (Lipinski definition) is 0. The molecule has 1 aromatic rings. The molecule has 1 atom stereocenters. The van der Waals surface area contributed by atoms with Gasteiger partial charge in [0.05, 0.1) is 0 Å². The predicted molar refractivity (Wildman–Crippen MR) is 57.7 cm³/mol. The van der Waals surface area contributed by atoms with Crippen LogP contribution in [0, 0.1) is 5.82 Å². The summed E-state index contributed by atoms with van der Waals surface area (Å²) in [7, 11) is 0. The summed E-state index contributed by atoms with van der Waals surface area (Å²) in [5.41, 5.74) is 0.986. The molecule has 3 heteroatoms. The lowest BCUT2D eigenvalue weighted by Crippen LogP contribution is -1.95. The van der Waals surface area contributed by atoms with E-state index in [2.05, 4.69) is 15.9 Å². The van der Waals surface area contributed by atoms with Gasteiger partial charge in [0.2, 0.25) is 0 Å². The molecule has 1 rings (SSSR count). The molecule has 0 amide bonds. The Morgan fingerprint density at radius 2 is 2.15 bits per heavy atom. The van der Waals surface area contributed by atoms with E-state index in [9.17, 15) is 4.39 Å². The van der Waals surface area contributed by atoms with E-state index in [4.69, 9.17) is 11.6 Å². The van der Waals surface area contributed by atoms with Gasteiger partial charge < -0.3 is 0 Å². The van der Waals surface area contributed by atoms with Crippen molar-refractivity contribution in [3.05, 3.63) is 34.1 Å². The van der Waals surface area contributed by atoms with Crippen LogP contribution in [0.5, 0.6) is 0 Å². The fraction of sp³-hybridized carbons (Fsp3) is 0.400. The van der Waals surface area contributed by atoms with Gasteiger partial charge in [-0.05, 0) is 43.5 Å². The first-order valence-electron chi connectivity index (χ1n) is 4.17. The molecule has 0 aliphatic carbocycles. The predicted octanol–water partition coefficient (Wildman–Crippen LogP) is 4.15. The Morgan fingerprint density at radius 1 is 1.46 bits per heavy atom. The van der Waals surface area contributed by atoms with E-state index in [0.29, 0.717) is 0 Å². The SMILES string of the molecule is CC(Cl)CCc1cc(F)cc(Br)c1. The molecule has 0 aliphatic heterocycles. The molecule has 0 bridgehead atoms. The molecule has 0 saturated heterocycles. The van der Waals surface area contributed by atoms with Crippen LogP contribution in [0.1, 0.15) is 18.9 Å². The van der Waals surface area contributed by atoms with E-state index < -0.39 is 0 Å². The van der Waals surface area contributed by atoms with Crippen molar-refractivity contribution in [3.63, 3.8) is 0 Å². The molecule has 0 radical (unpaired) electrons. The fourth-order valence-corrected chi connectivity index (χ4v) is 1.74. The number of benzene rings is 1. The monoisotopic (exact) mass is 264 g/mol.